The van der Waals surface area contributed by atoms with Crippen molar-refractivity contribution < 1.29 is 15.0 Å². The van der Waals surface area contributed by atoms with Gasteiger partial charge in [0.2, 0.25) is 0 Å². The number of carboxylic acids is 1. The maximum atomic E-state index is 10.8. The van der Waals surface area contributed by atoms with Crippen LogP contribution >= 0.6 is 0 Å². The van der Waals surface area contributed by atoms with Crippen LogP contribution in [0.2, 0.25) is 0 Å². The van der Waals surface area contributed by atoms with Crippen molar-refractivity contribution in [3.63, 3.8) is 0 Å². The molecule has 0 aliphatic heterocycles. The zero-order chi connectivity index (χ0) is 10.4. The molecule has 0 radical (unpaired) electrons. The number of aliphatic carboxylic acids is 1. The Morgan fingerprint density at radius 2 is 1.85 bits per heavy atom. The third-order valence-corrected chi connectivity index (χ3v) is 2.13. The van der Waals surface area contributed by atoms with E-state index in [1.807, 2.05) is 20.8 Å². The third kappa shape index (κ3) is 5.64. The first-order valence-electron chi connectivity index (χ1n) is 4.88. The average molecular weight is 188 g/mol. The number of carboxylic acid groups (broad SMARTS) is 1. The van der Waals surface area contributed by atoms with E-state index in [2.05, 4.69) is 0 Å². The lowest BCUT2D eigenvalue weighted by molar-refractivity contribution is -0.143. The summed E-state index contributed by atoms with van der Waals surface area (Å²) in [5, 5.41) is 18.2. The minimum absolute atomic E-state index is 0.366. The summed E-state index contributed by atoms with van der Waals surface area (Å²) in [5.41, 5.74) is 0. The van der Waals surface area contributed by atoms with Gasteiger partial charge in [0.25, 0.3) is 0 Å². The Kier molecular flexibility index (Phi) is 5.71. The van der Waals surface area contributed by atoms with E-state index in [0.29, 0.717) is 25.2 Å². The molecular weight excluding hydrogens is 168 g/mol. The van der Waals surface area contributed by atoms with Crippen LogP contribution in [0.15, 0.2) is 0 Å². The van der Waals surface area contributed by atoms with Crippen LogP contribution in [0.5, 0.6) is 0 Å². The summed E-state index contributed by atoms with van der Waals surface area (Å²) in [4.78, 5) is 10.8. The van der Waals surface area contributed by atoms with Gasteiger partial charge in [-0.1, -0.05) is 20.8 Å². The SMILES string of the molecule is CCC(O)CC(CC(C)C)C(=O)O. The van der Waals surface area contributed by atoms with Crippen molar-refractivity contribution in [2.75, 3.05) is 0 Å². The van der Waals surface area contributed by atoms with Crippen molar-refractivity contribution in [2.45, 2.75) is 46.1 Å². The van der Waals surface area contributed by atoms with E-state index in [1.165, 1.54) is 0 Å². The first kappa shape index (κ1) is 12.4. The normalized spacial score (nSPS) is 15.8. The smallest absolute Gasteiger partial charge is 0.306 e. The predicted octanol–water partition coefficient (Wildman–Crippen LogP) is 1.89. The van der Waals surface area contributed by atoms with Crippen molar-refractivity contribution in [1.82, 2.24) is 0 Å². The molecule has 0 saturated carbocycles. The third-order valence-electron chi connectivity index (χ3n) is 2.13. The molecule has 13 heavy (non-hydrogen) atoms. The molecule has 3 heteroatoms. The first-order chi connectivity index (χ1) is 5.97. The predicted molar refractivity (Wildman–Crippen MR) is 51.5 cm³/mol. The summed E-state index contributed by atoms with van der Waals surface area (Å²) in [6, 6.07) is 0. The van der Waals surface area contributed by atoms with Gasteiger partial charge in [0.1, 0.15) is 0 Å². The highest BCUT2D eigenvalue weighted by Gasteiger charge is 2.21. The molecule has 0 saturated heterocycles. The summed E-state index contributed by atoms with van der Waals surface area (Å²) in [6.07, 6.45) is 1.18. The van der Waals surface area contributed by atoms with Crippen LogP contribution in [0.25, 0.3) is 0 Å². The minimum atomic E-state index is -0.791. The Morgan fingerprint density at radius 3 is 2.15 bits per heavy atom. The summed E-state index contributed by atoms with van der Waals surface area (Å²) in [6.45, 7) is 5.85. The second-order valence-corrected chi connectivity index (χ2v) is 3.96. The monoisotopic (exact) mass is 188 g/mol. The minimum Gasteiger partial charge on any atom is -0.481 e. The Balaban J connectivity index is 4.02. The van der Waals surface area contributed by atoms with Crippen molar-refractivity contribution in [1.29, 1.82) is 0 Å². The van der Waals surface area contributed by atoms with E-state index < -0.39 is 18.0 Å². The zero-order valence-electron chi connectivity index (χ0n) is 8.66. The largest absolute Gasteiger partial charge is 0.481 e. The Bertz CT molecular complexity index is 154. The van der Waals surface area contributed by atoms with E-state index in [0.717, 1.165) is 0 Å². The molecule has 0 aromatic heterocycles. The average Bonchev–Trinajstić information content (AvgIpc) is 2.02. The number of carbonyl (C=O) groups is 1. The molecule has 2 unspecified atom stereocenters. The molecule has 0 aliphatic rings. The summed E-state index contributed by atoms with van der Waals surface area (Å²) < 4.78 is 0. The van der Waals surface area contributed by atoms with Crippen LogP contribution in [0.3, 0.4) is 0 Å². The first-order valence-corrected chi connectivity index (χ1v) is 4.88. The van der Waals surface area contributed by atoms with Gasteiger partial charge in [-0.2, -0.15) is 0 Å². The van der Waals surface area contributed by atoms with Crippen LogP contribution in [-0.2, 0) is 4.79 Å². The molecule has 0 rings (SSSR count). The van der Waals surface area contributed by atoms with Gasteiger partial charge in [-0.3, -0.25) is 4.79 Å². The van der Waals surface area contributed by atoms with Gasteiger partial charge in [0.15, 0.2) is 0 Å². The molecule has 78 valence electrons. The fraction of sp³-hybridized carbons (Fsp3) is 0.900. The number of aliphatic hydroxyl groups excluding tert-OH is 1. The van der Waals surface area contributed by atoms with Gasteiger partial charge in [0, 0.05) is 0 Å². The highest BCUT2D eigenvalue weighted by Crippen LogP contribution is 2.18. The number of rotatable bonds is 6. The summed E-state index contributed by atoms with van der Waals surface area (Å²) in [7, 11) is 0. The van der Waals surface area contributed by atoms with Crippen molar-refractivity contribution in [2.24, 2.45) is 11.8 Å². The van der Waals surface area contributed by atoms with Crippen molar-refractivity contribution >= 4 is 5.97 Å². The quantitative estimate of drug-likeness (QED) is 0.669. The summed E-state index contributed by atoms with van der Waals surface area (Å²) >= 11 is 0. The molecule has 0 heterocycles. The molecule has 3 nitrogen and oxygen atoms in total. The Morgan fingerprint density at radius 1 is 1.31 bits per heavy atom. The molecule has 0 aromatic rings. The van der Waals surface area contributed by atoms with Gasteiger partial charge in [-0.05, 0) is 25.2 Å². The van der Waals surface area contributed by atoms with Crippen LogP contribution < -0.4 is 0 Å². The highest BCUT2D eigenvalue weighted by molar-refractivity contribution is 5.69. The lowest BCUT2D eigenvalue weighted by Crippen LogP contribution is -2.21. The second-order valence-electron chi connectivity index (χ2n) is 3.96. The maximum absolute atomic E-state index is 10.8. The molecule has 0 spiro atoms. The number of hydrogen-bond donors (Lipinski definition) is 2. The van der Waals surface area contributed by atoms with Crippen LogP contribution in [-0.4, -0.2) is 22.3 Å². The van der Waals surface area contributed by atoms with Crippen molar-refractivity contribution in [3.8, 4) is 0 Å². The lowest BCUT2D eigenvalue weighted by Gasteiger charge is -2.17. The van der Waals surface area contributed by atoms with Gasteiger partial charge < -0.3 is 10.2 Å². The maximum Gasteiger partial charge on any atom is 0.306 e. The van der Waals surface area contributed by atoms with Gasteiger partial charge in [0.05, 0.1) is 12.0 Å². The van der Waals surface area contributed by atoms with E-state index in [4.69, 9.17) is 5.11 Å². The standard InChI is InChI=1S/C10H20O3/c1-4-9(11)6-8(10(12)13)5-7(2)3/h7-9,11H,4-6H2,1-3H3,(H,12,13). The molecule has 0 fully saturated rings. The number of aliphatic hydroxyl groups is 1. The van der Waals surface area contributed by atoms with E-state index in [-0.39, 0.29) is 0 Å². The molecule has 2 atom stereocenters. The Labute approximate surface area is 79.8 Å². The van der Waals surface area contributed by atoms with Crippen LogP contribution in [0.4, 0.5) is 0 Å². The van der Waals surface area contributed by atoms with E-state index in [9.17, 15) is 9.90 Å². The van der Waals surface area contributed by atoms with Crippen LogP contribution in [0, 0.1) is 11.8 Å². The zero-order valence-corrected chi connectivity index (χ0v) is 8.66. The lowest BCUT2D eigenvalue weighted by atomic mass is 9.91. The molecular formula is C10H20O3. The molecule has 0 aliphatic carbocycles. The van der Waals surface area contributed by atoms with Gasteiger partial charge in [-0.15, -0.1) is 0 Å². The number of hydrogen-bond acceptors (Lipinski definition) is 2. The Hall–Kier alpha value is -0.570. The van der Waals surface area contributed by atoms with E-state index in [1.54, 1.807) is 0 Å². The van der Waals surface area contributed by atoms with Crippen molar-refractivity contribution in [3.05, 3.63) is 0 Å². The molecule has 0 amide bonds. The molecule has 0 bridgehead atoms. The molecule has 0 aromatic carbocycles. The van der Waals surface area contributed by atoms with Gasteiger partial charge in [-0.25, -0.2) is 0 Å². The topological polar surface area (TPSA) is 57.5 Å². The fourth-order valence-corrected chi connectivity index (χ4v) is 1.36. The summed E-state index contributed by atoms with van der Waals surface area (Å²) in [5.74, 6) is -0.818. The van der Waals surface area contributed by atoms with Crippen LogP contribution in [0.1, 0.15) is 40.0 Å². The molecule has 2 N–H and O–H groups in total. The highest BCUT2D eigenvalue weighted by atomic mass is 16.4. The second kappa shape index (κ2) is 5.97. The van der Waals surface area contributed by atoms with Gasteiger partial charge >= 0.3 is 5.97 Å². The fourth-order valence-electron chi connectivity index (χ4n) is 1.36. The van der Waals surface area contributed by atoms with E-state index >= 15 is 0 Å².